The van der Waals surface area contributed by atoms with Gasteiger partial charge >= 0.3 is 0 Å². The normalized spacial score (nSPS) is 11.4. The van der Waals surface area contributed by atoms with Gasteiger partial charge in [0.25, 0.3) is 0 Å². The third-order valence-corrected chi connectivity index (χ3v) is 4.59. The summed E-state index contributed by atoms with van der Waals surface area (Å²) in [4.78, 5) is 4.22. The molecular formula is C18H24Cl2N4O. The molecule has 1 aromatic carbocycles. The van der Waals surface area contributed by atoms with Crippen LogP contribution >= 0.6 is 23.2 Å². The summed E-state index contributed by atoms with van der Waals surface area (Å²) < 4.78 is 7.52. The lowest BCUT2D eigenvalue weighted by Crippen LogP contribution is -2.37. The first kappa shape index (κ1) is 19.5. The molecule has 0 unspecified atom stereocenters. The summed E-state index contributed by atoms with van der Waals surface area (Å²) in [6.45, 7) is 2.13. The zero-order chi connectivity index (χ0) is 18.1. The second kappa shape index (κ2) is 10.2. The van der Waals surface area contributed by atoms with Gasteiger partial charge in [0.1, 0.15) is 10.9 Å². The average molecular weight is 383 g/mol. The summed E-state index contributed by atoms with van der Waals surface area (Å²) in [5, 5.41) is 7.64. The van der Waals surface area contributed by atoms with Crippen LogP contribution in [0.3, 0.4) is 0 Å². The fraction of sp³-hybridized carbons (Fsp3) is 0.389. The molecule has 0 atom stereocenters. The van der Waals surface area contributed by atoms with Gasteiger partial charge in [-0.05, 0) is 31.0 Å². The number of guanidine groups is 1. The molecule has 0 aliphatic carbocycles. The lowest BCUT2D eigenvalue weighted by Gasteiger charge is -2.12. The van der Waals surface area contributed by atoms with E-state index in [4.69, 9.17) is 27.9 Å². The Labute approximate surface area is 159 Å². The summed E-state index contributed by atoms with van der Waals surface area (Å²) in [7, 11) is 3.63. The smallest absolute Gasteiger partial charge is 0.191 e. The quantitative estimate of drug-likeness (QED) is 0.414. The van der Waals surface area contributed by atoms with Gasteiger partial charge in [-0.1, -0.05) is 41.4 Å². The average Bonchev–Trinajstić information content (AvgIpc) is 2.88. The summed E-state index contributed by atoms with van der Waals surface area (Å²) in [5.74, 6) is 1.66. The number of para-hydroxylation sites is 1. The van der Waals surface area contributed by atoms with E-state index in [9.17, 15) is 0 Å². The van der Waals surface area contributed by atoms with E-state index in [-0.39, 0.29) is 0 Å². The van der Waals surface area contributed by atoms with Crippen molar-refractivity contribution in [3.63, 3.8) is 0 Å². The number of unbranched alkanes of at least 4 members (excludes halogenated alkanes) is 1. The number of ether oxygens (including phenoxy) is 1. The number of rotatable bonds is 8. The molecule has 2 rings (SSSR count). The predicted octanol–water partition coefficient (Wildman–Crippen LogP) is 3.86. The number of benzene rings is 1. The van der Waals surface area contributed by atoms with Crippen LogP contribution in [0, 0.1) is 0 Å². The maximum atomic E-state index is 6.07. The number of halogens is 2. The topological polar surface area (TPSA) is 50.6 Å². The molecule has 1 heterocycles. The molecule has 0 aliphatic rings. The largest absolute Gasteiger partial charge is 0.494 e. The molecule has 0 fully saturated rings. The Bertz CT molecular complexity index is 686. The van der Waals surface area contributed by atoms with Crippen molar-refractivity contribution in [3.05, 3.63) is 52.3 Å². The van der Waals surface area contributed by atoms with E-state index in [1.54, 1.807) is 7.05 Å². The molecule has 0 radical (unpaired) electrons. The van der Waals surface area contributed by atoms with Crippen LogP contribution in [0.25, 0.3) is 0 Å². The highest BCUT2D eigenvalue weighted by Crippen LogP contribution is 2.24. The third kappa shape index (κ3) is 6.18. The molecule has 25 heavy (non-hydrogen) atoms. The van der Waals surface area contributed by atoms with Gasteiger partial charge < -0.3 is 19.9 Å². The standard InChI is InChI=1S/C18H24Cl2N4O/c1-21-18(23-13-14-12-16(19)17(20)24(14)2)22-10-6-7-11-25-15-8-4-3-5-9-15/h3-5,8-9,12H,6-7,10-11,13H2,1-2H3,(H2,21,22,23). The Morgan fingerprint density at radius 1 is 1.16 bits per heavy atom. The molecule has 0 bridgehead atoms. The van der Waals surface area contributed by atoms with E-state index in [1.807, 2.05) is 48.0 Å². The van der Waals surface area contributed by atoms with Crippen molar-refractivity contribution < 1.29 is 4.74 Å². The highest BCUT2D eigenvalue weighted by molar-refractivity contribution is 6.41. The SMILES string of the molecule is CN=C(NCCCCOc1ccccc1)NCc1cc(Cl)c(Cl)n1C. The van der Waals surface area contributed by atoms with E-state index < -0.39 is 0 Å². The summed E-state index contributed by atoms with van der Waals surface area (Å²) >= 11 is 12.1. The molecule has 0 amide bonds. The minimum atomic E-state index is 0.542. The lowest BCUT2D eigenvalue weighted by molar-refractivity contribution is 0.307. The number of aromatic nitrogens is 1. The van der Waals surface area contributed by atoms with Crippen molar-refractivity contribution >= 4 is 29.2 Å². The van der Waals surface area contributed by atoms with E-state index in [1.165, 1.54) is 0 Å². The molecule has 1 aromatic heterocycles. The van der Waals surface area contributed by atoms with E-state index in [0.29, 0.717) is 23.3 Å². The van der Waals surface area contributed by atoms with E-state index >= 15 is 0 Å². The van der Waals surface area contributed by atoms with Crippen LogP contribution in [-0.2, 0) is 13.6 Å². The second-order valence-electron chi connectivity index (χ2n) is 5.55. The Morgan fingerprint density at radius 2 is 1.92 bits per heavy atom. The van der Waals surface area contributed by atoms with Gasteiger partial charge in [-0.2, -0.15) is 0 Å². The van der Waals surface area contributed by atoms with Gasteiger partial charge in [0.05, 0.1) is 18.2 Å². The summed E-state index contributed by atoms with van der Waals surface area (Å²) in [5.41, 5.74) is 0.995. The van der Waals surface area contributed by atoms with Crippen LogP contribution in [0.2, 0.25) is 10.2 Å². The first-order chi connectivity index (χ1) is 12.1. The fourth-order valence-electron chi connectivity index (χ4n) is 2.29. The number of nitrogens with one attached hydrogen (secondary N) is 2. The van der Waals surface area contributed by atoms with Crippen molar-refractivity contribution in [2.24, 2.45) is 12.0 Å². The van der Waals surface area contributed by atoms with Crippen LogP contribution in [0.1, 0.15) is 18.5 Å². The minimum absolute atomic E-state index is 0.542. The zero-order valence-electron chi connectivity index (χ0n) is 14.6. The van der Waals surface area contributed by atoms with Crippen molar-refractivity contribution in [2.75, 3.05) is 20.2 Å². The van der Waals surface area contributed by atoms with Crippen molar-refractivity contribution in [3.8, 4) is 5.75 Å². The number of hydrogen-bond donors (Lipinski definition) is 2. The van der Waals surface area contributed by atoms with Gasteiger partial charge in [-0.3, -0.25) is 4.99 Å². The maximum absolute atomic E-state index is 6.07. The van der Waals surface area contributed by atoms with Gasteiger partial charge in [-0.15, -0.1) is 0 Å². The van der Waals surface area contributed by atoms with Crippen LogP contribution in [0.4, 0.5) is 0 Å². The first-order valence-corrected chi connectivity index (χ1v) is 8.99. The van der Waals surface area contributed by atoms with E-state index in [2.05, 4.69) is 15.6 Å². The molecule has 0 saturated carbocycles. The van der Waals surface area contributed by atoms with Gasteiger partial charge in [-0.25, -0.2) is 0 Å². The van der Waals surface area contributed by atoms with Gasteiger partial charge in [0, 0.05) is 26.3 Å². The van der Waals surface area contributed by atoms with Crippen molar-refractivity contribution in [1.82, 2.24) is 15.2 Å². The molecule has 0 saturated heterocycles. The maximum Gasteiger partial charge on any atom is 0.191 e. The number of aliphatic imine (C=N–C) groups is 1. The highest BCUT2D eigenvalue weighted by Gasteiger charge is 2.09. The molecule has 7 heteroatoms. The number of nitrogens with zero attached hydrogens (tertiary/aromatic N) is 2. The predicted molar refractivity (Wildman–Crippen MR) is 105 cm³/mol. The van der Waals surface area contributed by atoms with Crippen LogP contribution in [0.5, 0.6) is 5.75 Å². The summed E-state index contributed by atoms with van der Waals surface area (Å²) in [6.07, 6.45) is 1.97. The van der Waals surface area contributed by atoms with Crippen LogP contribution in [-0.4, -0.2) is 30.7 Å². The monoisotopic (exact) mass is 382 g/mol. The van der Waals surface area contributed by atoms with Crippen molar-refractivity contribution in [1.29, 1.82) is 0 Å². The van der Waals surface area contributed by atoms with Gasteiger partial charge in [0.2, 0.25) is 0 Å². The Kier molecular flexibility index (Phi) is 7.95. The van der Waals surface area contributed by atoms with Crippen LogP contribution < -0.4 is 15.4 Å². The third-order valence-electron chi connectivity index (χ3n) is 3.75. The Hall–Kier alpha value is -1.85. The summed E-state index contributed by atoms with van der Waals surface area (Å²) in [6, 6.07) is 11.7. The Balaban J connectivity index is 1.62. The molecule has 2 aromatic rings. The Morgan fingerprint density at radius 3 is 2.56 bits per heavy atom. The fourth-order valence-corrected chi connectivity index (χ4v) is 2.71. The number of hydrogen-bond acceptors (Lipinski definition) is 2. The molecule has 2 N–H and O–H groups in total. The second-order valence-corrected chi connectivity index (χ2v) is 6.32. The molecule has 0 spiro atoms. The molecule has 136 valence electrons. The zero-order valence-corrected chi connectivity index (χ0v) is 16.1. The van der Waals surface area contributed by atoms with Crippen molar-refractivity contribution in [2.45, 2.75) is 19.4 Å². The van der Waals surface area contributed by atoms with E-state index in [0.717, 1.165) is 36.8 Å². The highest BCUT2D eigenvalue weighted by atomic mass is 35.5. The van der Waals surface area contributed by atoms with Gasteiger partial charge in [0.15, 0.2) is 5.96 Å². The molecular weight excluding hydrogens is 359 g/mol. The molecule has 0 aliphatic heterocycles. The first-order valence-electron chi connectivity index (χ1n) is 8.23. The lowest BCUT2D eigenvalue weighted by atomic mass is 10.3. The minimum Gasteiger partial charge on any atom is -0.494 e. The van der Waals surface area contributed by atoms with Crippen LogP contribution in [0.15, 0.2) is 41.4 Å². The molecule has 5 nitrogen and oxygen atoms in total.